The summed E-state index contributed by atoms with van der Waals surface area (Å²) in [6, 6.07) is 18.5. The number of rotatable bonds is 4. The average molecular weight is 318 g/mol. The van der Waals surface area contributed by atoms with Gasteiger partial charge in [-0.3, -0.25) is 9.78 Å². The normalized spacial score (nSPS) is 12.1. The van der Waals surface area contributed by atoms with Crippen molar-refractivity contribution in [3.05, 3.63) is 77.0 Å². The summed E-state index contributed by atoms with van der Waals surface area (Å²) in [4.78, 5) is 16.4. The second kappa shape index (κ2) is 6.83. The summed E-state index contributed by atoms with van der Waals surface area (Å²) in [6.07, 6.45) is 0.674. The first kappa shape index (κ1) is 16.2. The Kier molecular flexibility index (Phi) is 4.61. The molecule has 24 heavy (non-hydrogen) atoms. The largest absolute Gasteiger partial charge is 0.349 e. The van der Waals surface area contributed by atoms with Gasteiger partial charge >= 0.3 is 0 Å². The summed E-state index contributed by atoms with van der Waals surface area (Å²) >= 11 is 0. The molecular weight excluding hydrogens is 296 g/mol. The first-order chi connectivity index (χ1) is 11.5. The molecule has 0 saturated heterocycles. The molecule has 0 saturated carbocycles. The van der Waals surface area contributed by atoms with Gasteiger partial charge in [0.25, 0.3) is 0 Å². The molecule has 3 rings (SSSR count). The van der Waals surface area contributed by atoms with Crippen LogP contribution in [0.3, 0.4) is 0 Å². The van der Waals surface area contributed by atoms with Gasteiger partial charge in [0, 0.05) is 24.4 Å². The van der Waals surface area contributed by atoms with Crippen LogP contribution in [0.1, 0.15) is 35.3 Å². The van der Waals surface area contributed by atoms with Crippen molar-refractivity contribution in [1.82, 2.24) is 10.3 Å². The number of para-hydroxylation sites is 1. The first-order valence-corrected chi connectivity index (χ1v) is 8.21. The third kappa shape index (κ3) is 3.80. The minimum atomic E-state index is -0.0743. The van der Waals surface area contributed by atoms with Crippen LogP contribution in [0.5, 0.6) is 0 Å². The molecule has 0 fully saturated rings. The molecule has 0 aliphatic rings. The van der Waals surface area contributed by atoms with Crippen molar-refractivity contribution in [1.29, 1.82) is 0 Å². The number of hydrogen-bond donors (Lipinski definition) is 1. The second-order valence-corrected chi connectivity index (χ2v) is 6.37. The highest BCUT2D eigenvalue weighted by Gasteiger charge is 2.15. The number of aryl methyl sites for hydroxylation is 2. The van der Waals surface area contributed by atoms with Gasteiger partial charge in [-0.1, -0.05) is 53.6 Å². The van der Waals surface area contributed by atoms with E-state index in [1.807, 2.05) is 24.3 Å². The molecule has 3 aromatic rings. The quantitative estimate of drug-likeness (QED) is 0.780. The van der Waals surface area contributed by atoms with Crippen LogP contribution in [-0.4, -0.2) is 10.9 Å². The molecule has 1 N–H and O–H groups in total. The van der Waals surface area contributed by atoms with Gasteiger partial charge in [-0.05, 0) is 31.5 Å². The lowest BCUT2D eigenvalue weighted by Gasteiger charge is -2.19. The van der Waals surface area contributed by atoms with Gasteiger partial charge in [0.1, 0.15) is 0 Å². The lowest BCUT2D eigenvalue weighted by atomic mass is 9.97. The second-order valence-electron chi connectivity index (χ2n) is 6.37. The molecule has 0 spiro atoms. The fourth-order valence-electron chi connectivity index (χ4n) is 3.14. The lowest BCUT2D eigenvalue weighted by molar-refractivity contribution is -0.119. The van der Waals surface area contributed by atoms with Gasteiger partial charge in [-0.25, -0.2) is 0 Å². The highest BCUT2D eigenvalue weighted by Crippen LogP contribution is 2.22. The number of carbonyl (C=O) groups excluding carboxylic acids is 1. The van der Waals surface area contributed by atoms with Crippen molar-refractivity contribution in [3.63, 3.8) is 0 Å². The van der Waals surface area contributed by atoms with E-state index in [0.717, 1.165) is 22.2 Å². The molecule has 122 valence electrons. The van der Waals surface area contributed by atoms with Crippen LogP contribution in [0.15, 0.2) is 54.6 Å². The van der Waals surface area contributed by atoms with Crippen LogP contribution in [0, 0.1) is 13.8 Å². The van der Waals surface area contributed by atoms with Crippen molar-refractivity contribution in [3.8, 4) is 0 Å². The van der Waals surface area contributed by atoms with Gasteiger partial charge in [-0.2, -0.15) is 0 Å². The molecule has 1 atom stereocenters. The van der Waals surface area contributed by atoms with E-state index in [9.17, 15) is 4.79 Å². The standard InChI is InChI=1S/C21H22N2O/c1-14-10-15(2)12-18(11-14)21(22-16(3)24)13-19-9-8-17-6-4-5-7-20(17)23-19/h4-12,21H,13H2,1-3H3,(H,22,24). The Balaban J connectivity index is 1.94. The van der Waals surface area contributed by atoms with Crippen molar-refractivity contribution < 1.29 is 4.79 Å². The molecule has 1 unspecified atom stereocenters. The van der Waals surface area contributed by atoms with Crippen LogP contribution >= 0.6 is 0 Å². The minimum absolute atomic E-state index is 0.0278. The number of aromatic nitrogens is 1. The fourth-order valence-corrected chi connectivity index (χ4v) is 3.14. The molecule has 2 aromatic carbocycles. The maximum Gasteiger partial charge on any atom is 0.217 e. The van der Waals surface area contributed by atoms with Crippen molar-refractivity contribution in [2.45, 2.75) is 33.2 Å². The zero-order valence-corrected chi connectivity index (χ0v) is 14.3. The zero-order valence-electron chi connectivity index (χ0n) is 14.3. The Morgan fingerprint density at radius 1 is 1.04 bits per heavy atom. The molecular formula is C21H22N2O. The number of carbonyl (C=O) groups is 1. The van der Waals surface area contributed by atoms with Gasteiger partial charge in [0.05, 0.1) is 11.6 Å². The first-order valence-electron chi connectivity index (χ1n) is 8.21. The molecule has 1 amide bonds. The number of fused-ring (bicyclic) bond motifs is 1. The number of amides is 1. The van der Waals surface area contributed by atoms with E-state index in [2.05, 4.69) is 49.5 Å². The van der Waals surface area contributed by atoms with E-state index in [1.54, 1.807) is 6.92 Å². The molecule has 0 radical (unpaired) electrons. The third-order valence-electron chi connectivity index (χ3n) is 4.09. The number of hydrogen-bond acceptors (Lipinski definition) is 2. The molecule has 3 heteroatoms. The Morgan fingerprint density at radius 3 is 2.46 bits per heavy atom. The summed E-state index contributed by atoms with van der Waals surface area (Å²) in [5.41, 5.74) is 5.49. The Bertz CT molecular complexity index is 866. The average Bonchev–Trinajstić information content (AvgIpc) is 2.53. The molecule has 3 nitrogen and oxygen atoms in total. The summed E-state index contributed by atoms with van der Waals surface area (Å²) in [5.74, 6) is -0.0278. The van der Waals surface area contributed by atoms with Crippen LogP contribution in [0.25, 0.3) is 10.9 Å². The highest BCUT2D eigenvalue weighted by atomic mass is 16.1. The van der Waals surface area contributed by atoms with Crippen molar-refractivity contribution in [2.75, 3.05) is 0 Å². The number of benzene rings is 2. The summed E-state index contributed by atoms with van der Waals surface area (Å²) in [6.45, 7) is 5.72. The van der Waals surface area contributed by atoms with Crippen LogP contribution in [0.4, 0.5) is 0 Å². The van der Waals surface area contributed by atoms with Gasteiger partial charge in [0.2, 0.25) is 5.91 Å². The Morgan fingerprint density at radius 2 is 1.75 bits per heavy atom. The van der Waals surface area contributed by atoms with Crippen LogP contribution < -0.4 is 5.32 Å². The maximum atomic E-state index is 11.7. The fraction of sp³-hybridized carbons (Fsp3) is 0.238. The predicted molar refractivity (Wildman–Crippen MR) is 97.9 cm³/mol. The van der Waals surface area contributed by atoms with Gasteiger partial charge < -0.3 is 5.32 Å². The predicted octanol–water partition coefficient (Wildman–Crippen LogP) is 4.27. The summed E-state index contributed by atoms with van der Waals surface area (Å²) in [7, 11) is 0. The Hall–Kier alpha value is -2.68. The Labute approximate surface area is 142 Å². The van der Waals surface area contributed by atoms with Gasteiger partial charge in [-0.15, -0.1) is 0 Å². The zero-order chi connectivity index (χ0) is 17.1. The van der Waals surface area contributed by atoms with E-state index in [-0.39, 0.29) is 11.9 Å². The molecule has 1 heterocycles. The number of nitrogens with zero attached hydrogens (tertiary/aromatic N) is 1. The SMILES string of the molecule is CC(=O)NC(Cc1ccc2ccccc2n1)c1cc(C)cc(C)c1. The van der Waals surface area contributed by atoms with Crippen molar-refractivity contribution >= 4 is 16.8 Å². The van der Waals surface area contributed by atoms with E-state index < -0.39 is 0 Å². The van der Waals surface area contributed by atoms with Crippen molar-refractivity contribution in [2.24, 2.45) is 0 Å². The smallest absolute Gasteiger partial charge is 0.217 e. The minimum Gasteiger partial charge on any atom is -0.349 e. The lowest BCUT2D eigenvalue weighted by Crippen LogP contribution is -2.28. The van der Waals surface area contributed by atoms with Crippen LogP contribution in [-0.2, 0) is 11.2 Å². The van der Waals surface area contributed by atoms with E-state index in [4.69, 9.17) is 4.98 Å². The van der Waals surface area contributed by atoms with E-state index in [1.165, 1.54) is 11.1 Å². The molecule has 0 aliphatic heterocycles. The molecule has 0 aliphatic carbocycles. The van der Waals surface area contributed by atoms with Crippen LogP contribution in [0.2, 0.25) is 0 Å². The van der Waals surface area contributed by atoms with Gasteiger partial charge in [0.15, 0.2) is 0 Å². The van der Waals surface area contributed by atoms with E-state index >= 15 is 0 Å². The maximum absolute atomic E-state index is 11.7. The molecule has 0 bridgehead atoms. The molecule has 1 aromatic heterocycles. The summed E-state index contributed by atoms with van der Waals surface area (Å²) in [5, 5.41) is 4.20. The monoisotopic (exact) mass is 318 g/mol. The summed E-state index contributed by atoms with van der Waals surface area (Å²) < 4.78 is 0. The third-order valence-corrected chi connectivity index (χ3v) is 4.09. The topological polar surface area (TPSA) is 42.0 Å². The number of nitrogens with one attached hydrogen (secondary N) is 1. The number of pyridine rings is 1. The highest BCUT2D eigenvalue weighted by molar-refractivity contribution is 5.78. The van der Waals surface area contributed by atoms with E-state index in [0.29, 0.717) is 6.42 Å².